The summed E-state index contributed by atoms with van der Waals surface area (Å²) in [5.41, 5.74) is 1.87. The molecule has 0 spiro atoms. The summed E-state index contributed by atoms with van der Waals surface area (Å²) in [5, 5.41) is 2.83. The molecule has 0 saturated heterocycles. The fourth-order valence-corrected chi connectivity index (χ4v) is 2.64. The Hall–Kier alpha value is -3.47. The first kappa shape index (κ1) is 19.3. The van der Waals surface area contributed by atoms with Crippen molar-refractivity contribution < 1.29 is 18.7 Å². The summed E-state index contributed by atoms with van der Waals surface area (Å²) in [5.74, 6) is -0.339. The summed E-state index contributed by atoms with van der Waals surface area (Å²) < 4.78 is 18.6. The van der Waals surface area contributed by atoms with E-state index in [0.717, 1.165) is 5.56 Å². The number of halogens is 1. The Labute approximate surface area is 163 Å². The van der Waals surface area contributed by atoms with E-state index in [-0.39, 0.29) is 17.5 Å². The fourth-order valence-electron chi connectivity index (χ4n) is 2.64. The van der Waals surface area contributed by atoms with Gasteiger partial charge < -0.3 is 10.1 Å². The average molecular weight is 377 g/mol. The van der Waals surface area contributed by atoms with Crippen LogP contribution in [0.25, 0.3) is 0 Å². The highest BCUT2D eigenvalue weighted by atomic mass is 19.1. The Kier molecular flexibility index (Phi) is 6.17. The van der Waals surface area contributed by atoms with Crippen LogP contribution in [0.3, 0.4) is 0 Å². The highest BCUT2D eigenvalue weighted by Gasteiger charge is 2.15. The number of carbonyl (C=O) groups excluding carboxylic acids is 2. The number of ether oxygens (including phenoxy) is 1. The van der Waals surface area contributed by atoms with E-state index in [2.05, 4.69) is 5.32 Å². The molecule has 3 rings (SSSR count). The zero-order valence-corrected chi connectivity index (χ0v) is 15.4. The molecule has 0 bridgehead atoms. The van der Waals surface area contributed by atoms with Crippen molar-refractivity contribution in [3.8, 4) is 5.75 Å². The third-order valence-electron chi connectivity index (χ3n) is 4.21. The van der Waals surface area contributed by atoms with Gasteiger partial charge in [0.05, 0.1) is 0 Å². The van der Waals surface area contributed by atoms with E-state index in [1.165, 1.54) is 24.3 Å². The highest BCUT2D eigenvalue weighted by molar-refractivity contribution is 6.09. The molecule has 0 aliphatic rings. The predicted molar refractivity (Wildman–Crippen MR) is 105 cm³/mol. The molecule has 1 atom stereocenters. The van der Waals surface area contributed by atoms with E-state index in [4.69, 9.17) is 4.74 Å². The van der Waals surface area contributed by atoms with Crippen molar-refractivity contribution in [2.45, 2.75) is 19.6 Å². The van der Waals surface area contributed by atoms with Gasteiger partial charge in [0.15, 0.2) is 11.9 Å². The van der Waals surface area contributed by atoms with Gasteiger partial charge in [-0.3, -0.25) is 9.59 Å². The molecule has 3 aromatic rings. The van der Waals surface area contributed by atoms with Crippen molar-refractivity contribution in [1.29, 1.82) is 0 Å². The summed E-state index contributed by atoms with van der Waals surface area (Å²) in [6.07, 6.45) is -0.678. The molecule has 0 aromatic heterocycles. The van der Waals surface area contributed by atoms with Crippen LogP contribution >= 0.6 is 0 Å². The molecule has 3 aromatic carbocycles. The normalized spacial score (nSPS) is 11.5. The maximum absolute atomic E-state index is 13.0. The molecule has 5 heteroatoms. The molecule has 0 aliphatic carbocycles. The van der Waals surface area contributed by atoms with Crippen molar-refractivity contribution in [2.75, 3.05) is 0 Å². The van der Waals surface area contributed by atoms with E-state index >= 15 is 0 Å². The summed E-state index contributed by atoms with van der Waals surface area (Å²) in [6, 6.07) is 21.5. The molecule has 1 N–H and O–H groups in total. The standard InChI is InChI=1S/C23H20FNO3/c1-16(23(27)25-15-17-5-3-2-4-6-17)28-21-13-9-19(10-14-21)22(26)18-7-11-20(24)12-8-18/h2-14,16H,15H2,1H3,(H,25,27)/t16-/m0/s1. The van der Waals surface area contributed by atoms with Crippen molar-refractivity contribution >= 4 is 11.7 Å². The topological polar surface area (TPSA) is 55.4 Å². The third-order valence-corrected chi connectivity index (χ3v) is 4.21. The van der Waals surface area contributed by atoms with Gasteiger partial charge in [-0.1, -0.05) is 30.3 Å². The molecule has 4 nitrogen and oxygen atoms in total. The van der Waals surface area contributed by atoms with Crippen LogP contribution in [0.2, 0.25) is 0 Å². The second-order valence-electron chi connectivity index (χ2n) is 6.32. The molecule has 0 aliphatic heterocycles. The first-order valence-corrected chi connectivity index (χ1v) is 8.91. The lowest BCUT2D eigenvalue weighted by Gasteiger charge is -2.15. The van der Waals surface area contributed by atoms with Crippen molar-refractivity contribution in [3.05, 3.63) is 101 Å². The first-order chi connectivity index (χ1) is 13.5. The molecule has 1 amide bonds. The van der Waals surface area contributed by atoms with Crippen LogP contribution in [-0.2, 0) is 11.3 Å². The van der Waals surface area contributed by atoms with Crippen LogP contribution in [0.5, 0.6) is 5.75 Å². The zero-order valence-electron chi connectivity index (χ0n) is 15.4. The minimum atomic E-state index is -0.678. The number of ketones is 1. The van der Waals surface area contributed by atoms with Crippen LogP contribution in [0.4, 0.5) is 4.39 Å². The molecule has 0 radical (unpaired) electrons. The maximum atomic E-state index is 13.0. The molecule has 0 fully saturated rings. The minimum Gasteiger partial charge on any atom is -0.481 e. The fraction of sp³-hybridized carbons (Fsp3) is 0.130. The lowest BCUT2D eigenvalue weighted by Crippen LogP contribution is -2.35. The zero-order chi connectivity index (χ0) is 19.9. The maximum Gasteiger partial charge on any atom is 0.261 e. The van der Waals surface area contributed by atoms with Gasteiger partial charge in [0.2, 0.25) is 0 Å². The quantitative estimate of drug-likeness (QED) is 0.630. The Morgan fingerprint density at radius 2 is 1.46 bits per heavy atom. The van der Waals surface area contributed by atoms with E-state index < -0.39 is 6.10 Å². The predicted octanol–water partition coefficient (Wildman–Crippen LogP) is 4.14. The van der Waals surface area contributed by atoms with Crippen molar-refractivity contribution in [1.82, 2.24) is 5.32 Å². The lowest BCUT2D eigenvalue weighted by molar-refractivity contribution is -0.127. The van der Waals surface area contributed by atoms with Crippen molar-refractivity contribution in [2.24, 2.45) is 0 Å². The summed E-state index contributed by atoms with van der Waals surface area (Å²) >= 11 is 0. The SMILES string of the molecule is C[C@H](Oc1ccc(C(=O)c2ccc(F)cc2)cc1)C(=O)NCc1ccccc1. The van der Waals surface area contributed by atoms with Crippen LogP contribution in [0, 0.1) is 5.82 Å². The highest BCUT2D eigenvalue weighted by Crippen LogP contribution is 2.17. The smallest absolute Gasteiger partial charge is 0.261 e. The lowest BCUT2D eigenvalue weighted by atomic mass is 10.0. The van der Waals surface area contributed by atoms with Gasteiger partial charge in [0.25, 0.3) is 5.91 Å². The molecular weight excluding hydrogens is 357 g/mol. The van der Waals surface area contributed by atoms with E-state index in [1.54, 1.807) is 31.2 Å². The molecule has 142 valence electrons. The number of rotatable bonds is 7. The second kappa shape index (κ2) is 8.95. The molecule has 0 heterocycles. The van der Waals surface area contributed by atoms with Gasteiger partial charge in [0.1, 0.15) is 11.6 Å². The molecular formula is C23H20FNO3. The van der Waals surface area contributed by atoms with Gasteiger partial charge in [-0.25, -0.2) is 4.39 Å². The third kappa shape index (κ3) is 5.04. The number of nitrogens with one attached hydrogen (secondary N) is 1. The Balaban J connectivity index is 1.56. The van der Waals surface area contributed by atoms with Gasteiger partial charge >= 0.3 is 0 Å². The second-order valence-corrected chi connectivity index (χ2v) is 6.32. The van der Waals surface area contributed by atoms with E-state index in [1.807, 2.05) is 30.3 Å². The minimum absolute atomic E-state index is 0.208. The van der Waals surface area contributed by atoms with Crippen molar-refractivity contribution in [3.63, 3.8) is 0 Å². The number of carbonyl (C=O) groups is 2. The van der Waals surface area contributed by atoms with E-state index in [0.29, 0.717) is 23.4 Å². The van der Waals surface area contributed by atoms with Gasteiger partial charge in [-0.05, 0) is 61.0 Å². The number of amides is 1. The summed E-state index contributed by atoms with van der Waals surface area (Å²) in [6.45, 7) is 2.09. The van der Waals surface area contributed by atoms with Crippen LogP contribution < -0.4 is 10.1 Å². The summed E-state index contributed by atoms with van der Waals surface area (Å²) in [4.78, 5) is 24.6. The number of hydrogen-bond donors (Lipinski definition) is 1. The van der Waals surface area contributed by atoms with Crippen LogP contribution in [0.15, 0.2) is 78.9 Å². The van der Waals surface area contributed by atoms with Crippen LogP contribution in [0.1, 0.15) is 28.4 Å². The van der Waals surface area contributed by atoms with Gasteiger partial charge in [-0.2, -0.15) is 0 Å². The van der Waals surface area contributed by atoms with Crippen LogP contribution in [-0.4, -0.2) is 17.8 Å². The Morgan fingerprint density at radius 1 is 0.893 bits per heavy atom. The molecule has 0 unspecified atom stereocenters. The largest absolute Gasteiger partial charge is 0.481 e. The molecule has 28 heavy (non-hydrogen) atoms. The monoisotopic (exact) mass is 377 g/mol. The Bertz CT molecular complexity index is 938. The summed E-state index contributed by atoms with van der Waals surface area (Å²) in [7, 11) is 0. The Morgan fingerprint density at radius 3 is 2.07 bits per heavy atom. The molecule has 0 saturated carbocycles. The van der Waals surface area contributed by atoms with Gasteiger partial charge in [-0.15, -0.1) is 0 Å². The number of hydrogen-bond acceptors (Lipinski definition) is 3. The van der Waals surface area contributed by atoms with E-state index in [9.17, 15) is 14.0 Å². The first-order valence-electron chi connectivity index (χ1n) is 8.91. The number of benzene rings is 3. The van der Waals surface area contributed by atoms with Gasteiger partial charge in [0, 0.05) is 17.7 Å². The average Bonchev–Trinajstić information content (AvgIpc) is 2.73.